The van der Waals surface area contributed by atoms with Gasteiger partial charge in [0.2, 0.25) is 5.82 Å². The average Bonchev–Trinajstić information content (AvgIpc) is 3.14. The molecule has 1 aliphatic heterocycles. The van der Waals surface area contributed by atoms with Crippen LogP contribution in [0.4, 0.5) is 4.79 Å². The Balaban J connectivity index is 1.54. The molecule has 0 spiro atoms. The molecule has 0 fully saturated rings. The highest BCUT2D eigenvalue weighted by Gasteiger charge is 2.20. The Morgan fingerprint density at radius 1 is 1.23 bits per heavy atom. The molecule has 0 bridgehead atoms. The SMILES string of the molecule is Cc1cn2nc(-c3nc4ccc(C5=CCN(C(=O)O)CC5)cc4[n+]([O-])n3)cc(C)c2n1. The second kappa shape index (κ2) is 7.01. The molecule has 1 aliphatic rings. The molecular weight excluding hydrogens is 398 g/mol. The average molecular weight is 417 g/mol. The maximum absolute atomic E-state index is 12.7. The molecule has 0 saturated heterocycles. The smallest absolute Gasteiger partial charge is 0.407 e. The molecule has 3 aromatic heterocycles. The van der Waals surface area contributed by atoms with Gasteiger partial charge in [-0.25, -0.2) is 19.3 Å². The number of hydrogen-bond donors (Lipinski definition) is 1. The second-order valence-corrected chi connectivity index (χ2v) is 7.58. The molecule has 4 aromatic rings. The number of rotatable bonds is 2. The van der Waals surface area contributed by atoms with Gasteiger partial charge in [-0.3, -0.25) is 0 Å². The number of fused-ring (bicyclic) bond motifs is 2. The number of nitrogens with zero attached hydrogens (tertiary/aromatic N) is 7. The van der Waals surface area contributed by atoms with Gasteiger partial charge in [0.1, 0.15) is 11.2 Å². The zero-order chi connectivity index (χ0) is 21.7. The van der Waals surface area contributed by atoms with Crippen molar-refractivity contribution in [3.05, 3.63) is 58.6 Å². The summed E-state index contributed by atoms with van der Waals surface area (Å²) in [6.45, 7) is 4.57. The van der Waals surface area contributed by atoms with E-state index < -0.39 is 6.09 Å². The predicted octanol–water partition coefficient (Wildman–Crippen LogP) is 2.36. The Morgan fingerprint density at radius 3 is 2.81 bits per heavy atom. The van der Waals surface area contributed by atoms with Crippen LogP contribution in [0.5, 0.6) is 0 Å². The quantitative estimate of drug-likeness (QED) is 0.392. The van der Waals surface area contributed by atoms with Crippen molar-refractivity contribution in [2.75, 3.05) is 13.1 Å². The second-order valence-electron chi connectivity index (χ2n) is 7.58. The van der Waals surface area contributed by atoms with Crippen LogP contribution in [-0.2, 0) is 0 Å². The predicted molar refractivity (Wildman–Crippen MR) is 112 cm³/mol. The summed E-state index contributed by atoms with van der Waals surface area (Å²) in [4.78, 5) is 22.0. The lowest BCUT2D eigenvalue weighted by molar-refractivity contribution is -0.642. The van der Waals surface area contributed by atoms with Crippen LogP contribution in [0.25, 0.3) is 33.8 Å². The summed E-state index contributed by atoms with van der Waals surface area (Å²) in [5.41, 5.74) is 5.72. The fraction of sp³-hybridized carbons (Fsp3) is 0.238. The molecule has 4 heterocycles. The number of hydrogen-bond acceptors (Lipinski definition) is 6. The van der Waals surface area contributed by atoms with Crippen LogP contribution < -0.4 is 4.85 Å². The van der Waals surface area contributed by atoms with Crippen molar-refractivity contribution in [3.63, 3.8) is 0 Å². The van der Waals surface area contributed by atoms with Gasteiger partial charge in [-0.15, -0.1) is 0 Å². The number of amides is 1. The Bertz CT molecular complexity index is 1390. The third kappa shape index (κ3) is 3.31. The van der Waals surface area contributed by atoms with Crippen LogP contribution in [0.3, 0.4) is 0 Å². The van der Waals surface area contributed by atoms with Crippen molar-refractivity contribution in [1.82, 2.24) is 29.6 Å². The summed E-state index contributed by atoms with van der Waals surface area (Å²) in [5.74, 6) is 0.237. The molecule has 31 heavy (non-hydrogen) atoms. The number of imidazole rings is 1. The highest BCUT2D eigenvalue weighted by molar-refractivity contribution is 5.80. The molecule has 156 valence electrons. The summed E-state index contributed by atoms with van der Waals surface area (Å²) in [6.07, 6.45) is 3.34. The van der Waals surface area contributed by atoms with Crippen molar-refractivity contribution >= 4 is 28.3 Å². The van der Waals surface area contributed by atoms with Crippen molar-refractivity contribution < 1.29 is 14.7 Å². The largest absolute Gasteiger partial charge is 0.594 e. The van der Waals surface area contributed by atoms with Crippen molar-refractivity contribution in [1.29, 1.82) is 0 Å². The first-order valence-electron chi connectivity index (χ1n) is 9.82. The van der Waals surface area contributed by atoms with Crippen LogP contribution in [0, 0.1) is 19.1 Å². The topological polar surface area (TPSA) is 123 Å². The number of aryl methyl sites for hydroxylation is 2. The number of benzene rings is 1. The van der Waals surface area contributed by atoms with E-state index in [1.165, 1.54) is 4.90 Å². The molecule has 10 nitrogen and oxygen atoms in total. The van der Waals surface area contributed by atoms with Crippen LogP contribution in [0.2, 0.25) is 0 Å². The molecular formula is C21H19N7O3. The summed E-state index contributed by atoms with van der Waals surface area (Å²) in [7, 11) is 0. The van der Waals surface area contributed by atoms with Gasteiger partial charge < -0.3 is 15.2 Å². The van der Waals surface area contributed by atoms with E-state index in [-0.39, 0.29) is 5.82 Å². The van der Waals surface area contributed by atoms with Gasteiger partial charge in [-0.2, -0.15) is 5.10 Å². The van der Waals surface area contributed by atoms with Gasteiger partial charge in [-0.1, -0.05) is 12.1 Å². The zero-order valence-electron chi connectivity index (χ0n) is 17.0. The fourth-order valence-corrected chi connectivity index (χ4v) is 3.82. The molecule has 0 radical (unpaired) electrons. The Hall–Kier alpha value is -4.08. The first-order valence-corrected chi connectivity index (χ1v) is 9.82. The highest BCUT2D eigenvalue weighted by Crippen LogP contribution is 2.25. The van der Waals surface area contributed by atoms with E-state index in [0.717, 1.165) is 28.0 Å². The van der Waals surface area contributed by atoms with Crippen molar-refractivity contribution in [2.24, 2.45) is 0 Å². The molecule has 1 amide bonds. The number of carboxylic acid groups (broad SMARTS) is 1. The van der Waals surface area contributed by atoms with E-state index >= 15 is 0 Å². The minimum absolute atomic E-state index is 0.237. The van der Waals surface area contributed by atoms with E-state index in [1.54, 1.807) is 16.6 Å². The molecule has 0 aliphatic carbocycles. The van der Waals surface area contributed by atoms with Gasteiger partial charge in [0.25, 0.3) is 5.52 Å². The summed E-state index contributed by atoms with van der Waals surface area (Å²) >= 11 is 0. The number of aromatic nitrogens is 6. The molecule has 10 heteroatoms. The van der Waals surface area contributed by atoms with E-state index in [0.29, 0.717) is 41.1 Å². The van der Waals surface area contributed by atoms with Gasteiger partial charge in [0.05, 0.1) is 11.9 Å². The van der Waals surface area contributed by atoms with Gasteiger partial charge in [-0.05, 0) is 53.9 Å². The minimum atomic E-state index is -0.931. The first-order chi connectivity index (χ1) is 14.9. The summed E-state index contributed by atoms with van der Waals surface area (Å²) < 4.78 is 1.67. The monoisotopic (exact) mass is 417 g/mol. The Morgan fingerprint density at radius 2 is 2.06 bits per heavy atom. The maximum atomic E-state index is 12.7. The standard InChI is InChI=1S/C21H19N7O3/c1-12-9-17(24-27-11-13(2)22-20(12)27)19-23-16-4-3-15(10-18(16)28(31)25-19)14-5-7-26(8-6-14)21(29)30/h3-5,9-11H,6-8H2,1-2H3,(H,29,30). The summed E-state index contributed by atoms with van der Waals surface area (Å²) in [5, 5.41) is 30.4. The van der Waals surface area contributed by atoms with Crippen molar-refractivity contribution in [3.8, 4) is 11.5 Å². The first kappa shape index (κ1) is 18.9. The zero-order valence-corrected chi connectivity index (χ0v) is 17.0. The maximum Gasteiger partial charge on any atom is 0.407 e. The third-order valence-corrected chi connectivity index (χ3v) is 5.40. The number of carbonyl (C=O) groups is 1. The van der Waals surface area contributed by atoms with Crippen molar-refractivity contribution in [2.45, 2.75) is 20.3 Å². The molecule has 5 rings (SSSR count). The minimum Gasteiger partial charge on any atom is -0.594 e. The van der Waals surface area contributed by atoms with E-state index in [2.05, 4.69) is 20.2 Å². The van der Waals surface area contributed by atoms with Crippen LogP contribution in [0.15, 0.2) is 36.5 Å². The molecule has 0 saturated carbocycles. The van der Waals surface area contributed by atoms with Gasteiger partial charge in [0.15, 0.2) is 5.65 Å². The van der Waals surface area contributed by atoms with E-state index in [9.17, 15) is 10.0 Å². The lowest BCUT2D eigenvalue weighted by Crippen LogP contribution is -2.34. The van der Waals surface area contributed by atoms with E-state index in [4.69, 9.17) is 5.11 Å². The van der Waals surface area contributed by atoms with Crippen LogP contribution in [-0.4, -0.2) is 53.9 Å². The lowest BCUT2D eigenvalue weighted by Gasteiger charge is -2.23. The fourth-order valence-electron chi connectivity index (χ4n) is 3.82. The summed E-state index contributed by atoms with van der Waals surface area (Å²) in [6, 6.07) is 7.23. The molecule has 1 N–H and O–H groups in total. The van der Waals surface area contributed by atoms with Crippen LogP contribution >= 0.6 is 0 Å². The lowest BCUT2D eigenvalue weighted by atomic mass is 9.99. The van der Waals surface area contributed by atoms with Gasteiger partial charge in [0, 0.05) is 24.3 Å². The molecule has 0 atom stereocenters. The van der Waals surface area contributed by atoms with Gasteiger partial charge >= 0.3 is 6.09 Å². The normalized spacial score (nSPS) is 14.3. The van der Waals surface area contributed by atoms with E-state index in [1.807, 2.05) is 38.3 Å². The van der Waals surface area contributed by atoms with Crippen LogP contribution in [0.1, 0.15) is 23.2 Å². The molecule has 1 aromatic carbocycles. The Kier molecular flexibility index (Phi) is 4.28. The Labute approximate surface area is 176 Å². The third-order valence-electron chi connectivity index (χ3n) is 5.40. The highest BCUT2D eigenvalue weighted by atomic mass is 16.5. The molecule has 0 unspecified atom stereocenters.